The molecule has 1 saturated heterocycles. The number of rotatable bonds is 0. The van der Waals surface area contributed by atoms with Crippen LogP contribution in [-0.4, -0.2) is 30.5 Å². The van der Waals surface area contributed by atoms with Crippen molar-refractivity contribution < 1.29 is 9.50 Å². The fourth-order valence-corrected chi connectivity index (χ4v) is 0.928. The molecule has 1 fully saturated rings. The molecule has 1 heterocycles. The number of halogens is 1. The highest BCUT2D eigenvalue weighted by Gasteiger charge is 2.20. The van der Waals surface area contributed by atoms with Crippen molar-refractivity contribution in [1.29, 1.82) is 0 Å². The van der Waals surface area contributed by atoms with Gasteiger partial charge in [0.2, 0.25) is 0 Å². The van der Waals surface area contributed by atoms with Gasteiger partial charge >= 0.3 is 0 Å². The summed E-state index contributed by atoms with van der Waals surface area (Å²) in [4.78, 5) is 0. The molecule has 0 amide bonds. The van der Waals surface area contributed by atoms with Gasteiger partial charge in [-0.2, -0.15) is 0 Å². The summed E-state index contributed by atoms with van der Waals surface area (Å²) < 4.78 is 12.5. The lowest BCUT2D eigenvalue weighted by molar-refractivity contribution is 0.0808. The van der Waals surface area contributed by atoms with Crippen LogP contribution in [0.2, 0.25) is 0 Å². The molecule has 1 rings (SSSR count). The van der Waals surface area contributed by atoms with Crippen molar-refractivity contribution in [3.05, 3.63) is 0 Å². The van der Waals surface area contributed by atoms with Gasteiger partial charge in [0.25, 0.3) is 0 Å². The minimum atomic E-state index is -1.05. The summed E-state index contributed by atoms with van der Waals surface area (Å²) in [5.41, 5.74) is 0. The molecule has 0 spiro atoms. The lowest BCUT2D eigenvalue weighted by Gasteiger charge is -2.09. The lowest BCUT2D eigenvalue weighted by Crippen LogP contribution is -2.27. The quantitative estimate of drug-likeness (QED) is 0.497. The second-order valence-corrected chi connectivity index (χ2v) is 2.36. The standard InChI is InChI=1S/C6H11FNO/c7-5-2-1-3-8-4-6(5)9/h5-6,9H,1-4H2. The van der Waals surface area contributed by atoms with Crippen LogP contribution < -0.4 is 5.32 Å². The number of nitrogens with zero attached hydrogens (tertiary/aromatic N) is 1. The van der Waals surface area contributed by atoms with Crippen molar-refractivity contribution in [3.8, 4) is 0 Å². The Hall–Kier alpha value is -0.150. The van der Waals surface area contributed by atoms with Crippen molar-refractivity contribution in [2.75, 3.05) is 13.1 Å². The number of alkyl halides is 1. The van der Waals surface area contributed by atoms with Crippen LogP contribution in [0.5, 0.6) is 0 Å². The van der Waals surface area contributed by atoms with Crippen LogP contribution in [0, 0.1) is 0 Å². The molecule has 1 radical (unpaired) electrons. The first kappa shape index (κ1) is 6.96. The summed E-state index contributed by atoms with van der Waals surface area (Å²) in [7, 11) is 0. The van der Waals surface area contributed by atoms with Crippen molar-refractivity contribution in [1.82, 2.24) is 5.32 Å². The highest BCUT2D eigenvalue weighted by Crippen LogP contribution is 2.09. The van der Waals surface area contributed by atoms with Crippen molar-refractivity contribution in [3.63, 3.8) is 0 Å². The molecule has 1 N–H and O–H groups in total. The molecular formula is C6H11FNO. The first-order valence-corrected chi connectivity index (χ1v) is 3.26. The Morgan fingerprint density at radius 3 is 3.11 bits per heavy atom. The predicted molar refractivity (Wildman–Crippen MR) is 32.0 cm³/mol. The fourth-order valence-electron chi connectivity index (χ4n) is 0.928. The van der Waals surface area contributed by atoms with E-state index in [0.29, 0.717) is 13.0 Å². The minimum absolute atomic E-state index is 0.279. The number of hydrogen-bond acceptors (Lipinski definition) is 1. The number of aliphatic hydroxyl groups excluding tert-OH is 1. The van der Waals surface area contributed by atoms with Gasteiger partial charge in [-0.25, -0.2) is 9.71 Å². The maximum absolute atomic E-state index is 12.5. The maximum Gasteiger partial charge on any atom is 0.127 e. The maximum atomic E-state index is 12.5. The second-order valence-electron chi connectivity index (χ2n) is 2.36. The normalized spacial score (nSPS) is 38.0. The van der Waals surface area contributed by atoms with Crippen molar-refractivity contribution in [2.24, 2.45) is 0 Å². The van der Waals surface area contributed by atoms with E-state index in [1.54, 1.807) is 0 Å². The Bertz CT molecular complexity index is 79.1. The molecule has 0 aromatic carbocycles. The second kappa shape index (κ2) is 3.13. The molecule has 3 heteroatoms. The third kappa shape index (κ3) is 1.91. The molecule has 0 bridgehead atoms. The fraction of sp³-hybridized carbons (Fsp3) is 1.00. The zero-order valence-corrected chi connectivity index (χ0v) is 5.26. The molecule has 2 nitrogen and oxygen atoms in total. The zero-order chi connectivity index (χ0) is 6.69. The average Bonchev–Trinajstić information content (AvgIpc) is 1.99. The Labute approximate surface area is 54.1 Å². The van der Waals surface area contributed by atoms with Gasteiger partial charge in [0.1, 0.15) is 6.17 Å². The molecule has 0 aliphatic carbocycles. The van der Waals surface area contributed by atoms with Crippen LogP contribution in [0.1, 0.15) is 12.8 Å². The molecule has 9 heavy (non-hydrogen) atoms. The summed E-state index contributed by atoms with van der Waals surface area (Å²) in [6, 6.07) is 0. The highest BCUT2D eigenvalue weighted by atomic mass is 19.1. The monoisotopic (exact) mass is 132 g/mol. The third-order valence-electron chi connectivity index (χ3n) is 1.53. The molecule has 0 aromatic rings. The lowest BCUT2D eigenvalue weighted by atomic mass is 10.1. The third-order valence-corrected chi connectivity index (χ3v) is 1.53. The molecule has 53 valence electrons. The van der Waals surface area contributed by atoms with Crippen LogP contribution >= 0.6 is 0 Å². The van der Waals surface area contributed by atoms with E-state index < -0.39 is 12.3 Å². The van der Waals surface area contributed by atoms with Crippen LogP contribution in [0.15, 0.2) is 0 Å². The Kier molecular flexibility index (Phi) is 2.42. The first-order valence-electron chi connectivity index (χ1n) is 3.26. The highest BCUT2D eigenvalue weighted by molar-refractivity contribution is 4.73. The van der Waals surface area contributed by atoms with Gasteiger partial charge in [-0.15, -0.1) is 0 Å². The van der Waals surface area contributed by atoms with E-state index in [1.807, 2.05) is 0 Å². The van der Waals surface area contributed by atoms with Gasteiger partial charge in [0.15, 0.2) is 0 Å². The number of aliphatic hydroxyl groups is 1. The molecular weight excluding hydrogens is 121 g/mol. The van der Waals surface area contributed by atoms with Crippen LogP contribution in [-0.2, 0) is 0 Å². The van der Waals surface area contributed by atoms with Crippen LogP contribution in [0.3, 0.4) is 0 Å². The van der Waals surface area contributed by atoms with Crippen molar-refractivity contribution >= 4 is 0 Å². The summed E-state index contributed by atoms with van der Waals surface area (Å²) in [6.07, 6.45) is -0.646. The molecule has 0 aromatic heterocycles. The predicted octanol–water partition coefficient (Wildman–Crippen LogP) is 0.0836. The van der Waals surface area contributed by atoms with E-state index in [9.17, 15) is 4.39 Å². The van der Waals surface area contributed by atoms with E-state index in [-0.39, 0.29) is 6.54 Å². The number of hydrogen-bond donors (Lipinski definition) is 1. The molecule has 1 aliphatic rings. The topological polar surface area (TPSA) is 34.3 Å². The van der Waals surface area contributed by atoms with Gasteiger partial charge in [-0.1, -0.05) is 0 Å². The Morgan fingerprint density at radius 2 is 2.33 bits per heavy atom. The van der Waals surface area contributed by atoms with E-state index in [1.165, 1.54) is 0 Å². The zero-order valence-electron chi connectivity index (χ0n) is 5.26. The summed E-state index contributed by atoms with van der Waals surface area (Å²) >= 11 is 0. The summed E-state index contributed by atoms with van der Waals surface area (Å²) in [6.45, 7) is 0.985. The minimum Gasteiger partial charge on any atom is -0.389 e. The van der Waals surface area contributed by atoms with Crippen molar-refractivity contribution in [2.45, 2.75) is 25.1 Å². The molecule has 0 saturated carbocycles. The Balaban J connectivity index is 2.32. The Morgan fingerprint density at radius 1 is 1.56 bits per heavy atom. The smallest absolute Gasteiger partial charge is 0.127 e. The van der Waals surface area contributed by atoms with Gasteiger partial charge < -0.3 is 5.11 Å². The molecule has 2 unspecified atom stereocenters. The SMILES string of the molecule is OC1C[N]CCCC1F. The van der Waals surface area contributed by atoms with E-state index in [4.69, 9.17) is 5.11 Å². The molecule has 2 atom stereocenters. The van der Waals surface area contributed by atoms with Gasteiger partial charge in [0, 0.05) is 13.1 Å². The largest absolute Gasteiger partial charge is 0.389 e. The first-order chi connectivity index (χ1) is 4.30. The van der Waals surface area contributed by atoms with E-state index in [2.05, 4.69) is 5.32 Å². The summed E-state index contributed by atoms with van der Waals surface area (Å²) in [5, 5.41) is 12.8. The average molecular weight is 132 g/mol. The van der Waals surface area contributed by atoms with Crippen LogP contribution in [0.4, 0.5) is 4.39 Å². The summed E-state index contributed by atoms with van der Waals surface area (Å²) in [5.74, 6) is 0. The van der Waals surface area contributed by atoms with Gasteiger partial charge in [0.05, 0.1) is 6.10 Å². The van der Waals surface area contributed by atoms with Gasteiger partial charge in [-0.05, 0) is 12.8 Å². The van der Waals surface area contributed by atoms with Gasteiger partial charge in [-0.3, -0.25) is 0 Å². The van der Waals surface area contributed by atoms with Crippen LogP contribution in [0.25, 0.3) is 0 Å². The molecule has 1 aliphatic heterocycles. The van der Waals surface area contributed by atoms with E-state index in [0.717, 1.165) is 6.42 Å². The van der Waals surface area contributed by atoms with E-state index >= 15 is 0 Å².